The van der Waals surface area contributed by atoms with Crippen LogP contribution in [-0.2, 0) is 23.7 Å². The highest BCUT2D eigenvalue weighted by Gasteiger charge is 2.38. The molecule has 31 heavy (non-hydrogen) atoms. The number of hydrogen-bond donors (Lipinski definition) is 0. The van der Waals surface area contributed by atoms with E-state index < -0.39 is 0 Å². The summed E-state index contributed by atoms with van der Waals surface area (Å²) in [4.78, 5) is 12.9. The summed E-state index contributed by atoms with van der Waals surface area (Å²) >= 11 is 0. The lowest BCUT2D eigenvalue weighted by molar-refractivity contribution is 0.101. The van der Waals surface area contributed by atoms with Gasteiger partial charge < -0.3 is 4.74 Å². The van der Waals surface area contributed by atoms with Crippen molar-refractivity contribution in [1.29, 1.82) is 0 Å². The van der Waals surface area contributed by atoms with Gasteiger partial charge in [0.15, 0.2) is 5.78 Å². The summed E-state index contributed by atoms with van der Waals surface area (Å²) in [6.45, 7) is 13.5. The molecular formula is C29H36O2. The number of rotatable bonds is 5. The topological polar surface area (TPSA) is 26.3 Å². The van der Waals surface area contributed by atoms with Crippen LogP contribution in [0.25, 0.3) is 11.1 Å². The molecule has 0 saturated heterocycles. The van der Waals surface area contributed by atoms with Gasteiger partial charge in [-0.25, -0.2) is 0 Å². The number of benzene rings is 2. The Kier molecular flexibility index (Phi) is 5.62. The summed E-state index contributed by atoms with van der Waals surface area (Å²) in [6.07, 6.45) is 10.3. The fraction of sp³-hybridized carbons (Fsp3) is 0.483. The first-order valence-electron chi connectivity index (χ1n) is 11.8. The van der Waals surface area contributed by atoms with E-state index in [1.165, 1.54) is 40.7 Å². The Hall–Kier alpha value is -2.35. The number of Topliss-reactive ketones (excluding diaryl/α,β-unsaturated/α-hetero) is 1. The van der Waals surface area contributed by atoms with E-state index in [9.17, 15) is 4.79 Å². The average molecular weight is 417 g/mol. The summed E-state index contributed by atoms with van der Waals surface area (Å²) in [6, 6.07) is 8.84. The van der Waals surface area contributed by atoms with Gasteiger partial charge in [0.05, 0.1) is 12.2 Å². The minimum absolute atomic E-state index is 0.0723. The molecule has 0 bridgehead atoms. The van der Waals surface area contributed by atoms with E-state index in [0.29, 0.717) is 6.61 Å². The first kappa shape index (κ1) is 21.9. The lowest BCUT2D eigenvalue weighted by Crippen LogP contribution is -2.31. The van der Waals surface area contributed by atoms with Crippen LogP contribution in [0.5, 0.6) is 5.75 Å². The lowest BCUT2D eigenvalue weighted by Gasteiger charge is -2.40. The van der Waals surface area contributed by atoms with Crippen LogP contribution in [0, 0.1) is 0 Å². The van der Waals surface area contributed by atoms with Crippen molar-refractivity contribution in [1.82, 2.24) is 0 Å². The molecule has 0 fully saturated rings. The number of allylic oxidation sites excluding steroid dienone is 2. The molecule has 2 aliphatic rings. The zero-order valence-electron chi connectivity index (χ0n) is 20.0. The third-order valence-electron chi connectivity index (χ3n) is 7.03. The molecule has 4 rings (SSSR count). The second-order valence-electron chi connectivity index (χ2n) is 10.4. The van der Waals surface area contributed by atoms with Gasteiger partial charge in [0.25, 0.3) is 0 Å². The predicted octanol–water partition coefficient (Wildman–Crippen LogP) is 7.35. The van der Waals surface area contributed by atoms with Crippen LogP contribution in [0.15, 0.2) is 36.4 Å². The predicted molar refractivity (Wildman–Crippen MR) is 130 cm³/mol. The van der Waals surface area contributed by atoms with Crippen molar-refractivity contribution >= 4 is 5.78 Å². The Morgan fingerprint density at radius 3 is 2.45 bits per heavy atom. The van der Waals surface area contributed by atoms with Crippen LogP contribution in [0.1, 0.15) is 93.4 Å². The molecule has 0 atom stereocenters. The summed E-state index contributed by atoms with van der Waals surface area (Å²) in [7, 11) is 0. The van der Waals surface area contributed by atoms with Crippen molar-refractivity contribution in [2.45, 2.75) is 84.5 Å². The van der Waals surface area contributed by atoms with Gasteiger partial charge in [0, 0.05) is 16.4 Å². The summed E-state index contributed by atoms with van der Waals surface area (Å²) in [5, 5.41) is 0. The second-order valence-corrected chi connectivity index (χ2v) is 10.4. The third-order valence-corrected chi connectivity index (χ3v) is 7.03. The molecule has 0 aliphatic heterocycles. The molecule has 2 aromatic carbocycles. The van der Waals surface area contributed by atoms with E-state index in [0.717, 1.165) is 36.1 Å². The van der Waals surface area contributed by atoms with E-state index in [1.807, 2.05) is 0 Å². The van der Waals surface area contributed by atoms with E-state index in [4.69, 9.17) is 4.74 Å². The first-order valence-corrected chi connectivity index (χ1v) is 11.8. The van der Waals surface area contributed by atoms with Gasteiger partial charge in [-0.05, 0) is 72.9 Å². The molecule has 0 radical (unpaired) electrons. The minimum atomic E-state index is -0.142. The van der Waals surface area contributed by atoms with Gasteiger partial charge in [-0.3, -0.25) is 4.79 Å². The van der Waals surface area contributed by atoms with E-state index in [2.05, 4.69) is 71.0 Å². The number of ether oxygens (including phenoxy) is 1. The van der Waals surface area contributed by atoms with E-state index in [-0.39, 0.29) is 16.6 Å². The van der Waals surface area contributed by atoms with Crippen molar-refractivity contribution in [3.05, 3.63) is 64.2 Å². The highest BCUT2D eigenvalue weighted by Crippen LogP contribution is 2.51. The third kappa shape index (κ3) is 3.75. The number of carbonyl (C=O) groups excluding carboxylic acids is 1. The molecule has 2 nitrogen and oxygen atoms in total. The standard InChI is InChI=1S/C29H36O2/c1-7-17-31-27-23(19(2)30)18-24-26(29(5,6)16-15-28(24,3)4)25(27)22-14-10-12-20-11-8-9-13-21(20)22/h10,12,14-16,18H,7-9,11,13,17H2,1-6H3. The largest absolute Gasteiger partial charge is 0.492 e. The van der Waals surface area contributed by atoms with Crippen molar-refractivity contribution in [2.75, 3.05) is 6.61 Å². The monoisotopic (exact) mass is 416 g/mol. The van der Waals surface area contributed by atoms with Gasteiger partial charge in [-0.15, -0.1) is 0 Å². The van der Waals surface area contributed by atoms with Crippen LogP contribution in [-0.4, -0.2) is 12.4 Å². The zero-order valence-corrected chi connectivity index (χ0v) is 20.0. The van der Waals surface area contributed by atoms with Crippen molar-refractivity contribution in [3.63, 3.8) is 0 Å². The van der Waals surface area contributed by atoms with Crippen LogP contribution in [0.4, 0.5) is 0 Å². The van der Waals surface area contributed by atoms with Gasteiger partial charge in [-0.1, -0.05) is 65.0 Å². The van der Waals surface area contributed by atoms with Crippen LogP contribution >= 0.6 is 0 Å². The summed E-state index contributed by atoms with van der Waals surface area (Å²) in [5.74, 6) is 0.856. The molecule has 0 aromatic heterocycles. The molecule has 0 amide bonds. The van der Waals surface area contributed by atoms with Crippen LogP contribution in [0.2, 0.25) is 0 Å². The van der Waals surface area contributed by atoms with Gasteiger partial charge >= 0.3 is 0 Å². The first-order chi connectivity index (χ1) is 14.7. The summed E-state index contributed by atoms with van der Waals surface area (Å²) < 4.78 is 6.41. The Balaban J connectivity index is 2.15. The molecule has 0 saturated carbocycles. The van der Waals surface area contributed by atoms with Gasteiger partial charge in [0.1, 0.15) is 5.75 Å². The molecule has 2 aromatic rings. The highest BCUT2D eigenvalue weighted by atomic mass is 16.5. The Morgan fingerprint density at radius 1 is 1.03 bits per heavy atom. The average Bonchev–Trinajstić information content (AvgIpc) is 2.74. The maximum atomic E-state index is 12.9. The Bertz CT molecular complexity index is 1050. The summed E-state index contributed by atoms with van der Waals surface area (Å²) in [5.41, 5.74) is 8.32. The smallest absolute Gasteiger partial charge is 0.163 e. The Morgan fingerprint density at radius 2 is 1.74 bits per heavy atom. The maximum Gasteiger partial charge on any atom is 0.163 e. The number of fused-ring (bicyclic) bond motifs is 2. The highest BCUT2D eigenvalue weighted by molar-refractivity contribution is 6.01. The molecule has 0 spiro atoms. The molecule has 164 valence electrons. The molecule has 2 aliphatic carbocycles. The number of aryl methyl sites for hydroxylation is 1. The number of hydrogen-bond acceptors (Lipinski definition) is 2. The van der Waals surface area contributed by atoms with Gasteiger partial charge in [0.2, 0.25) is 0 Å². The SMILES string of the molecule is CCCOc1c(C(C)=O)cc2c(c1-c1cccc3c1CCCC3)C(C)(C)C=CC2(C)C. The number of carbonyl (C=O) groups is 1. The number of ketones is 1. The minimum Gasteiger partial charge on any atom is -0.492 e. The molecule has 0 N–H and O–H groups in total. The fourth-order valence-corrected chi connectivity index (χ4v) is 5.32. The van der Waals surface area contributed by atoms with Crippen molar-refractivity contribution in [2.24, 2.45) is 0 Å². The maximum absolute atomic E-state index is 12.9. The van der Waals surface area contributed by atoms with Crippen LogP contribution < -0.4 is 4.74 Å². The van der Waals surface area contributed by atoms with Crippen LogP contribution in [0.3, 0.4) is 0 Å². The molecule has 2 heteroatoms. The lowest BCUT2D eigenvalue weighted by atomic mass is 9.64. The van der Waals surface area contributed by atoms with E-state index in [1.54, 1.807) is 6.92 Å². The molecular weight excluding hydrogens is 380 g/mol. The zero-order chi connectivity index (χ0) is 22.4. The van der Waals surface area contributed by atoms with Gasteiger partial charge in [-0.2, -0.15) is 0 Å². The molecule has 0 unspecified atom stereocenters. The van der Waals surface area contributed by atoms with E-state index >= 15 is 0 Å². The quantitative estimate of drug-likeness (QED) is 0.376. The normalized spacial score (nSPS) is 18.3. The Labute approximate surface area is 187 Å². The molecule has 0 heterocycles. The van der Waals surface area contributed by atoms with Crippen molar-refractivity contribution < 1.29 is 9.53 Å². The fourth-order valence-electron chi connectivity index (χ4n) is 5.32. The second kappa shape index (κ2) is 7.97. The van der Waals surface area contributed by atoms with Crippen molar-refractivity contribution in [3.8, 4) is 16.9 Å².